The summed E-state index contributed by atoms with van der Waals surface area (Å²) in [4.78, 5) is 25.6. The van der Waals surface area contributed by atoms with Crippen molar-refractivity contribution in [3.8, 4) is 11.4 Å². The standard InChI is InChI=1S/C24H27FN6O/c25-16-5-4-6-18-20(16)22(26)21(24(32)30-18)23-28-17-8-7-15(13-19(17)29-23)14-27-9-12-31-10-2-1-3-11-31/h4-8,13,27H,1-3,9-12,14H2,(H,28,29)(H3,26,30,32). The fraction of sp³-hybridized carbons (Fsp3) is 0.333. The number of hydrogen-bond donors (Lipinski definition) is 4. The van der Waals surface area contributed by atoms with Crippen LogP contribution in [0.3, 0.4) is 0 Å². The first-order valence-electron chi connectivity index (χ1n) is 11.1. The number of imidazole rings is 1. The highest BCUT2D eigenvalue weighted by molar-refractivity contribution is 5.98. The zero-order valence-corrected chi connectivity index (χ0v) is 17.9. The van der Waals surface area contributed by atoms with Crippen LogP contribution in [0.25, 0.3) is 33.3 Å². The molecule has 2 aromatic heterocycles. The maximum absolute atomic E-state index is 14.4. The molecule has 0 amide bonds. The van der Waals surface area contributed by atoms with Crippen molar-refractivity contribution in [3.05, 3.63) is 58.1 Å². The van der Waals surface area contributed by atoms with Gasteiger partial charge in [-0.2, -0.15) is 0 Å². The summed E-state index contributed by atoms with van der Waals surface area (Å²) < 4.78 is 14.4. The number of anilines is 1. The number of benzene rings is 2. The van der Waals surface area contributed by atoms with Gasteiger partial charge in [0.2, 0.25) is 0 Å². The Morgan fingerprint density at radius 1 is 1.09 bits per heavy atom. The minimum atomic E-state index is -0.480. The number of nitrogens with one attached hydrogen (secondary N) is 3. The molecule has 0 atom stereocenters. The minimum absolute atomic E-state index is 0.0838. The summed E-state index contributed by atoms with van der Waals surface area (Å²) in [6, 6.07) is 10.5. The lowest BCUT2D eigenvalue weighted by molar-refractivity contribution is 0.229. The van der Waals surface area contributed by atoms with Gasteiger partial charge >= 0.3 is 0 Å². The van der Waals surface area contributed by atoms with Gasteiger partial charge in [0.15, 0.2) is 0 Å². The third kappa shape index (κ3) is 3.99. The lowest BCUT2D eigenvalue weighted by Gasteiger charge is -2.26. The number of aromatic nitrogens is 3. The topological polar surface area (TPSA) is 103 Å². The quantitative estimate of drug-likeness (QED) is 0.349. The number of likely N-dealkylation sites (tertiary alicyclic amines) is 1. The second kappa shape index (κ2) is 8.72. The van der Waals surface area contributed by atoms with Crippen LogP contribution in [0.1, 0.15) is 24.8 Å². The van der Waals surface area contributed by atoms with Crippen molar-refractivity contribution in [1.29, 1.82) is 0 Å². The number of hydrogen-bond acceptors (Lipinski definition) is 5. The Bertz CT molecular complexity index is 1320. The van der Waals surface area contributed by atoms with Crippen LogP contribution >= 0.6 is 0 Å². The SMILES string of the molecule is Nc1c(-c2nc3ccc(CNCCN4CCCCC4)cc3[nH]2)c(=O)[nH]c2cccc(F)c12. The number of pyridine rings is 1. The average molecular weight is 435 g/mol. The highest BCUT2D eigenvalue weighted by Crippen LogP contribution is 2.29. The molecule has 1 saturated heterocycles. The lowest BCUT2D eigenvalue weighted by atomic mass is 10.1. The third-order valence-corrected chi connectivity index (χ3v) is 6.19. The van der Waals surface area contributed by atoms with E-state index in [2.05, 4.69) is 25.2 Å². The van der Waals surface area contributed by atoms with E-state index in [4.69, 9.17) is 5.73 Å². The predicted molar refractivity (Wildman–Crippen MR) is 126 cm³/mol. The van der Waals surface area contributed by atoms with Crippen LogP contribution in [0.15, 0.2) is 41.2 Å². The summed E-state index contributed by atoms with van der Waals surface area (Å²) in [6.45, 7) is 5.16. The molecule has 32 heavy (non-hydrogen) atoms. The van der Waals surface area contributed by atoms with E-state index in [-0.39, 0.29) is 16.6 Å². The lowest BCUT2D eigenvalue weighted by Crippen LogP contribution is -2.35. The smallest absolute Gasteiger partial charge is 0.261 e. The molecule has 0 spiro atoms. The summed E-state index contributed by atoms with van der Waals surface area (Å²) in [5.41, 5.74) is 9.07. The van der Waals surface area contributed by atoms with Crippen molar-refractivity contribution in [1.82, 2.24) is 25.2 Å². The molecule has 4 aromatic rings. The Morgan fingerprint density at radius 2 is 1.94 bits per heavy atom. The Balaban J connectivity index is 1.36. The molecule has 8 heteroatoms. The van der Waals surface area contributed by atoms with Crippen molar-refractivity contribution < 1.29 is 4.39 Å². The molecule has 1 aliphatic rings. The van der Waals surface area contributed by atoms with Gasteiger partial charge in [0.05, 0.1) is 27.6 Å². The molecule has 0 unspecified atom stereocenters. The van der Waals surface area contributed by atoms with Gasteiger partial charge in [0.1, 0.15) is 17.2 Å². The van der Waals surface area contributed by atoms with Gasteiger partial charge in [-0.3, -0.25) is 4.79 Å². The first-order chi connectivity index (χ1) is 15.6. The van der Waals surface area contributed by atoms with Crippen LogP contribution in [0.2, 0.25) is 0 Å². The normalized spacial score (nSPS) is 15.0. The summed E-state index contributed by atoms with van der Waals surface area (Å²) in [5.74, 6) is -0.148. The number of piperidine rings is 1. The molecule has 5 rings (SSSR count). The van der Waals surface area contributed by atoms with Crippen molar-refractivity contribution >= 4 is 27.6 Å². The number of halogens is 1. The van der Waals surface area contributed by atoms with Gasteiger partial charge in [0.25, 0.3) is 5.56 Å². The zero-order chi connectivity index (χ0) is 22.1. The Labute approximate surface area is 184 Å². The van der Waals surface area contributed by atoms with Gasteiger partial charge in [0, 0.05) is 19.6 Å². The van der Waals surface area contributed by atoms with Gasteiger partial charge in [-0.25, -0.2) is 9.37 Å². The van der Waals surface area contributed by atoms with Crippen LogP contribution < -0.4 is 16.6 Å². The number of aromatic amines is 2. The third-order valence-electron chi connectivity index (χ3n) is 6.19. The monoisotopic (exact) mass is 434 g/mol. The summed E-state index contributed by atoms with van der Waals surface area (Å²) >= 11 is 0. The van der Waals surface area contributed by atoms with E-state index in [1.807, 2.05) is 18.2 Å². The second-order valence-electron chi connectivity index (χ2n) is 8.42. The van der Waals surface area contributed by atoms with Crippen LogP contribution in [0.5, 0.6) is 0 Å². The molecule has 0 aliphatic carbocycles. The molecular weight excluding hydrogens is 407 g/mol. The number of H-pyrrole nitrogens is 2. The van der Waals surface area contributed by atoms with E-state index in [0.717, 1.165) is 36.2 Å². The molecule has 0 radical (unpaired) electrons. The van der Waals surface area contributed by atoms with E-state index in [1.165, 1.54) is 44.5 Å². The zero-order valence-electron chi connectivity index (χ0n) is 17.9. The molecule has 1 fully saturated rings. The molecule has 1 aliphatic heterocycles. The van der Waals surface area contributed by atoms with Gasteiger partial charge in [-0.05, 0) is 55.8 Å². The van der Waals surface area contributed by atoms with Crippen molar-refractivity contribution in [2.24, 2.45) is 0 Å². The Kier molecular flexibility index (Phi) is 5.63. The number of nitrogens with two attached hydrogens (primary N) is 1. The molecule has 3 heterocycles. The maximum Gasteiger partial charge on any atom is 0.261 e. The molecule has 2 aromatic carbocycles. The van der Waals surface area contributed by atoms with Crippen LogP contribution in [0.4, 0.5) is 10.1 Å². The highest BCUT2D eigenvalue weighted by Gasteiger charge is 2.18. The van der Waals surface area contributed by atoms with Crippen LogP contribution in [-0.2, 0) is 6.54 Å². The van der Waals surface area contributed by atoms with E-state index in [1.54, 1.807) is 6.07 Å². The van der Waals surface area contributed by atoms with Gasteiger partial charge in [-0.15, -0.1) is 0 Å². The largest absolute Gasteiger partial charge is 0.397 e. The van der Waals surface area contributed by atoms with Crippen molar-refractivity contribution in [2.75, 3.05) is 31.9 Å². The van der Waals surface area contributed by atoms with Crippen molar-refractivity contribution in [2.45, 2.75) is 25.8 Å². The maximum atomic E-state index is 14.4. The first-order valence-corrected chi connectivity index (χ1v) is 11.1. The van der Waals surface area contributed by atoms with Crippen LogP contribution in [-0.4, -0.2) is 46.0 Å². The predicted octanol–water partition coefficient (Wildman–Crippen LogP) is 3.37. The first kappa shape index (κ1) is 20.7. The minimum Gasteiger partial charge on any atom is -0.397 e. The average Bonchev–Trinajstić information content (AvgIpc) is 3.20. The number of nitrogens with zero attached hydrogens (tertiary/aromatic N) is 2. The fourth-order valence-electron chi connectivity index (χ4n) is 4.51. The number of nitrogen functional groups attached to an aromatic ring is 1. The van der Waals surface area contributed by atoms with Crippen LogP contribution in [0, 0.1) is 5.82 Å². The summed E-state index contributed by atoms with van der Waals surface area (Å²) in [5, 5.41) is 3.70. The Hall–Kier alpha value is -3.23. The molecular formula is C24H27FN6O. The summed E-state index contributed by atoms with van der Waals surface area (Å²) in [6.07, 6.45) is 3.95. The fourth-order valence-corrected chi connectivity index (χ4v) is 4.51. The van der Waals surface area contributed by atoms with E-state index in [0.29, 0.717) is 11.3 Å². The molecule has 166 valence electrons. The number of fused-ring (bicyclic) bond motifs is 2. The number of rotatable bonds is 6. The highest BCUT2D eigenvalue weighted by atomic mass is 19.1. The van der Waals surface area contributed by atoms with E-state index < -0.39 is 11.4 Å². The van der Waals surface area contributed by atoms with E-state index in [9.17, 15) is 9.18 Å². The summed E-state index contributed by atoms with van der Waals surface area (Å²) in [7, 11) is 0. The second-order valence-corrected chi connectivity index (χ2v) is 8.42. The Morgan fingerprint density at radius 3 is 2.78 bits per heavy atom. The molecule has 0 bridgehead atoms. The molecule has 0 saturated carbocycles. The van der Waals surface area contributed by atoms with Gasteiger partial charge in [-0.1, -0.05) is 18.6 Å². The molecule has 5 N–H and O–H groups in total. The van der Waals surface area contributed by atoms with Gasteiger partial charge < -0.3 is 25.9 Å². The van der Waals surface area contributed by atoms with E-state index >= 15 is 0 Å². The molecule has 7 nitrogen and oxygen atoms in total. The van der Waals surface area contributed by atoms with Crippen molar-refractivity contribution in [3.63, 3.8) is 0 Å².